The zero-order valence-electron chi connectivity index (χ0n) is 13.7. The summed E-state index contributed by atoms with van der Waals surface area (Å²) >= 11 is 0. The van der Waals surface area contributed by atoms with Gasteiger partial charge in [-0.1, -0.05) is 67.0 Å². The van der Waals surface area contributed by atoms with Gasteiger partial charge in [0.2, 0.25) is 8.32 Å². The highest BCUT2D eigenvalue weighted by Crippen LogP contribution is 2.42. The average Bonchev–Trinajstić information content (AvgIpc) is 2.25. The molecule has 0 saturated carbocycles. The fraction of sp³-hybridized carbons (Fsp3) is 0.875. The van der Waals surface area contributed by atoms with Gasteiger partial charge in [-0.15, -0.1) is 0 Å². The van der Waals surface area contributed by atoms with Crippen LogP contribution in [0.5, 0.6) is 0 Å². The molecule has 18 heavy (non-hydrogen) atoms. The number of rotatable bonds is 9. The number of hydrogen-bond donors (Lipinski definition) is 0. The lowest BCUT2D eigenvalue weighted by atomic mass is 10.1. The van der Waals surface area contributed by atoms with Gasteiger partial charge in [-0.2, -0.15) is 0 Å². The van der Waals surface area contributed by atoms with Crippen LogP contribution in [0.2, 0.25) is 16.6 Å². The molecule has 0 radical (unpaired) electrons. The number of unbranched alkanes of at least 4 members (excludes halogenated alkanes) is 1. The molecule has 0 aromatic carbocycles. The van der Waals surface area contributed by atoms with Crippen molar-refractivity contribution in [2.75, 3.05) is 6.61 Å². The first-order chi connectivity index (χ1) is 8.28. The standard InChI is InChI=1S/C16H34OSi/c1-9-10-11-16(8)12-17-18(13(2)3,14(4)5)15(6)7/h13-15H,8-12H2,1-7H3. The van der Waals surface area contributed by atoms with E-state index in [1.165, 1.54) is 18.4 Å². The summed E-state index contributed by atoms with van der Waals surface area (Å²) in [5.74, 6) is 0. The topological polar surface area (TPSA) is 9.23 Å². The van der Waals surface area contributed by atoms with E-state index >= 15 is 0 Å². The van der Waals surface area contributed by atoms with Crippen LogP contribution in [0.15, 0.2) is 12.2 Å². The summed E-state index contributed by atoms with van der Waals surface area (Å²) in [4.78, 5) is 0. The summed E-state index contributed by atoms with van der Waals surface area (Å²) in [6.07, 6.45) is 3.59. The second-order valence-corrected chi connectivity index (χ2v) is 11.9. The third kappa shape index (κ3) is 4.54. The van der Waals surface area contributed by atoms with Gasteiger partial charge in [0.25, 0.3) is 0 Å². The molecule has 2 heteroatoms. The van der Waals surface area contributed by atoms with Crippen LogP contribution in [0.3, 0.4) is 0 Å². The molecule has 0 aromatic rings. The quantitative estimate of drug-likeness (QED) is 0.373. The molecular weight excluding hydrogens is 236 g/mol. The monoisotopic (exact) mass is 270 g/mol. The van der Waals surface area contributed by atoms with E-state index in [-0.39, 0.29) is 0 Å². The van der Waals surface area contributed by atoms with E-state index in [0.717, 1.165) is 13.0 Å². The van der Waals surface area contributed by atoms with Crippen molar-refractivity contribution in [2.45, 2.75) is 84.4 Å². The minimum atomic E-state index is -1.69. The minimum absolute atomic E-state index is 0.663. The minimum Gasteiger partial charge on any atom is -0.412 e. The maximum absolute atomic E-state index is 6.51. The van der Waals surface area contributed by atoms with Gasteiger partial charge < -0.3 is 4.43 Å². The second-order valence-electron chi connectivity index (χ2n) is 6.46. The molecule has 108 valence electrons. The summed E-state index contributed by atoms with van der Waals surface area (Å²) in [6, 6.07) is 0. The smallest absolute Gasteiger partial charge is 0.200 e. The van der Waals surface area contributed by atoms with E-state index in [9.17, 15) is 0 Å². The third-order valence-corrected chi connectivity index (χ3v) is 10.2. The van der Waals surface area contributed by atoms with E-state index in [0.29, 0.717) is 16.6 Å². The summed E-state index contributed by atoms with van der Waals surface area (Å²) in [5, 5.41) is 0. The SMILES string of the molecule is C=C(CCCC)CO[Si](C(C)C)(C(C)C)C(C)C. The van der Waals surface area contributed by atoms with Crippen molar-refractivity contribution < 1.29 is 4.43 Å². The van der Waals surface area contributed by atoms with Crippen LogP contribution >= 0.6 is 0 Å². The van der Waals surface area contributed by atoms with Crippen molar-refractivity contribution in [3.05, 3.63) is 12.2 Å². The third-order valence-electron chi connectivity index (χ3n) is 4.12. The average molecular weight is 271 g/mol. The van der Waals surface area contributed by atoms with Gasteiger partial charge in [0.05, 0.1) is 6.61 Å². The summed E-state index contributed by atoms with van der Waals surface area (Å²) < 4.78 is 6.51. The van der Waals surface area contributed by atoms with Gasteiger partial charge in [-0.05, 0) is 29.5 Å². The van der Waals surface area contributed by atoms with E-state index < -0.39 is 8.32 Å². The molecule has 0 amide bonds. The van der Waals surface area contributed by atoms with Crippen LogP contribution in [-0.4, -0.2) is 14.9 Å². The predicted molar refractivity (Wildman–Crippen MR) is 85.7 cm³/mol. The molecule has 0 aromatic heterocycles. The van der Waals surface area contributed by atoms with Crippen LogP contribution in [0, 0.1) is 0 Å². The first-order valence-electron chi connectivity index (χ1n) is 7.59. The summed E-state index contributed by atoms with van der Waals surface area (Å²) in [6.45, 7) is 21.2. The molecule has 0 spiro atoms. The molecule has 0 aliphatic heterocycles. The van der Waals surface area contributed by atoms with Crippen LogP contribution in [0.4, 0.5) is 0 Å². The maximum Gasteiger partial charge on any atom is 0.200 e. The van der Waals surface area contributed by atoms with Crippen molar-refractivity contribution in [1.29, 1.82) is 0 Å². The van der Waals surface area contributed by atoms with Crippen molar-refractivity contribution in [2.24, 2.45) is 0 Å². The fourth-order valence-corrected chi connectivity index (χ4v) is 8.68. The first-order valence-corrected chi connectivity index (χ1v) is 9.73. The Bertz CT molecular complexity index is 222. The molecular formula is C16H34OSi. The fourth-order valence-electron chi connectivity index (χ4n) is 3.23. The van der Waals surface area contributed by atoms with Gasteiger partial charge in [0.15, 0.2) is 0 Å². The highest BCUT2D eigenvalue weighted by molar-refractivity contribution is 6.77. The maximum atomic E-state index is 6.51. The van der Waals surface area contributed by atoms with Crippen molar-refractivity contribution in [1.82, 2.24) is 0 Å². The van der Waals surface area contributed by atoms with Crippen molar-refractivity contribution in [3.8, 4) is 0 Å². The Balaban J connectivity index is 4.66. The molecule has 1 nitrogen and oxygen atoms in total. The molecule has 0 aliphatic carbocycles. The second kappa shape index (κ2) is 8.16. The summed E-state index contributed by atoms with van der Waals surface area (Å²) in [7, 11) is -1.69. The van der Waals surface area contributed by atoms with E-state index in [1.807, 2.05) is 0 Å². The van der Waals surface area contributed by atoms with Crippen LogP contribution < -0.4 is 0 Å². The molecule has 0 fully saturated rings. The van der Waals surface area contributed by atoms with Crippen LogP contribution in [0.25, 0.3) is 0 Å². The first kappa shape index (κ1) is 17.9. The molecule has 0 unspecified atom stereocenters. The van der Waals surface area contributed by atoms with E-state index in [4.69, 9.17) is 4.43 Å². The Labute approximate surface area is 116 Å². The molecule has 0 aliphatic rings. The molecule has 0 heterocycles. The van der Waals surface area contributed by atoms with Gasteiger partial charge in [0, 0.05) is 0 Å². The Morgan fingerprint density at radius 1 is 1.00 bits per heavy atom. The summed E-state index contributed by atoms with van der Waals surface area (Å²) in [5.41, 5.74) is 3.26. The zero-order valence-corrected chi connectivity index (χ0v) is 14.7. The highest BCUT2D eigenvalue weighted by Gasteiger charge is 2.44. The largest absolute Gasteiger partial charge is 0.412 e. The molecule has 0 rings (SSSR count). The van der Waals surface area contributed by atoms with E-state index in [2.05, 4.69) is 55.0 Å². The molecule has 0 bridgehead atoms. The van der Waals surface area contributed by atoms with Gasteiger partial charge in [-0.25, -0.2) is 0 Å². The lowest BCUT2D eigenvalue weighted by molar-refractivity contribution is 0.303. The van der Waals surface area contributed by atoms with Crippen LogP contribution in [0.1, 0.15) is 67.7 Å². The normalized spacial score (nSPS) is 12.8. The van der Waals surface area contributed by atoms with Crippen molar-refractivity contribution in [3.63, 3.8) is 0 Å². The van der Waals surface area contributed by atoms with Gasteiger partial charge in [0.1, 0.15) is 0 Å². The molecule has 0 N–H and O–H groups in total. The predicted octanol–water partition coefficient (Wildman–Crippen LogP) is 5.92. The number of hydrogen-bond acceptors (Lipinski definition) is 1. The Hall–Kier alpha value is -0.0831. The lowest BCUT2D eigenvalue weighted by Gasteiger charge is -2.42. The van der Waals surface area contributed by atoms with Gasteiger partial charge >= 0.3 is 0 Å². The Kier molecular flexibility index (Phi) is 8.12. The van der Waals surface area contributed by atoms with Crippen molar-refractivity contribution >= 4 is 8.32 Å². The molecule has 0 atom stereocenters. The highest BCUT2D eigenvalue weighted by atomic mass is 28.4. The van der Waals surface area contributed by atoms with E-state index in [1.54, 1.807) is 0 Å². The lowest BCUT2D eigenvalue weighted by Crippen LogP contribution is -2.48. The Morgan fingerprint density at radius 3 is 1.78 bits per heavy atom. The molecule has 0 saturated heterocycles. The van der Waals surface area contributed by atoms with Crippen LogP contribution in [-0.2, 0) is 4.43 Å². The Morgan fingerprint density at radius 2 is 1.44 bits per heavy atom. The zero-order chi connectivity index (χ0) is 14.3. The van der Waals surface area contributed by atoms with Gasteiger partial charge in [-0.3, -0.25) is 0 Å².